The van der Waals surface area contributed by atoms with Crippen LogP contribution in [0.4, 0.5) is 5.69 Å². The Bertz CT molecular complexity index is 426. The summed E-state index contributed by atoms with van der Waals surface area (Å²) in [6, 6.07) is 5.06. The molecule has 4 nitrogen and oxygen atoms in total. The molecule has 1 rings (SSSR count). The topological polar surface area (TPSA) is 55.2 Å². The van der Waals surface area contributed by atoms with Crippen molar-refractivity contribution in [2.24, 2.45) is 0 Å². The molecule has 0 bridgehead atoms. The molecule has 0 atom stereocenters. The van der Waals surface area contributed by atoms with Gasteiger partial charge in [-0.3, -0.25) is 10.1 Å². The number of halogens is 1. The number of nitrogens with zero attached hydrogens (tertiary/aromatic N) is 1. The molecule has 0 aliphatic rings. The number of nitro benzene ring substituents is 1. The van der Waals surface area contributed by atoms with Gasteiger partial charge in [-0.2, -0.15) is 0 Å². The van der Waals surface area contributed by atoms with Crippen LogP contribution in [0.25, 0.3) is 0 Å². The van der Waals surface area contributed by atoms with E-state index in [0.29, 0.717) is 24.0 Å². The highest BCUT2D eigenvalue weighted by Crippen LogP contribution is 2.25. The molecule has 0 heterocycles. The number of benzene rings is 1. The summed E-state index contributed by atoms with van der Waals surface area (Å²) >= 11 is 3.14. The maximum absolute atomic E-state index is 10.7. The first-order chi connectivity index (χ1) is 7.65. The highest BCUT2D eigenvalue weighted by molar-refractivity contribution is 9.10. The van der Waals surface area contributed by atoms with E-state index in [0.717, 1.165) is 5.56 Å². The summed E-state index contributed by atoms with van der Waals surface area (Å²) in [5.74, 6) is 2.51. The standard InChI is InChI=1S/C11H11BrN2O2/c1-2-3-6-13-8-9-4-5-10(12)11(7-9)14(15)16/h1,4-5,7,13H,3,6,8H2. The van der Waals surface area contributed by atoms with E-state index in [9.17, 15) is 10.1 Å². The first-order valence-corrected chi connectivity index (χ1v) is 5.51. The van der Waals surface area contributed by atoms with Crippen molar-refractivity contribution in [3.8, 4) is 12.3 Å². The van der Waals surface area contributed by atoms with E-state index < -0.39 is 4.92 Å². The van der Waals surface area contributed by atoms with E-state index in [1.807, 2.05) is 6.07 Å². The molecular weight excluding hydrogens is 272 g/mol. The first kappa shape index (κ1) is 12.7. The summed E-state index contributed by atoms with van der Waals surface area (Å²) < 4.78 is 0.491. The Morgan fingerprint density at radius 2 is 2.31 bits per heavy atom. The summed E-state index contributed by atoms with van der Waals surface area (Å²) in [4.78, 5) is 10.3. The minimum absolute atomic E-state index is 0.0799. The molecule has 1 N–H and O–H groups in total. The van der Waals surface area contributed by atoms with Crippen molar-refractivity contribution >= 4 is 21.6 Å². The fraction of sp³-hybridized carbons (Fsp3) is 0.273. The Hall–Kier alpha value is -1.38. The van der Waals surface area contributed by atoms with Gasteiger partial charge < -0.3 is 5.32 Å². The second-order valence-corrected chi connectivity index (χ2v) is 4.03. The van der Waals surface area contributed by atoms with E-state index in [1.54, 1.807) is 12.1 Å². The van der Waals surface area contributed by atoms with Crippen molar-refractivity contribution < 1.29 is 4.92 Å². The molecule has 1 aromatic carbocycles. The Balaban J connectivity index is 2.65. The van der Waals surface area contributed by atoms with Crippen LogP contribution in [0.15, 0.2) is 22.7 Å². The summed E-state index contributed by atoms with van der Waals surface area (Å²) in [7, 11) is 0. The van der Waals surface area contributed by atoms with E-state index >= 15 is 0 Å². The fourth-order valence-electron chi connectivity index (χ4n) is 1.20. The van der Waals surface area contributed by atoms with Crippen molar-refractivity contribution in [1.29, 1.82) is 0 Å². The molecule has 0 aromatic heterocycles. The van der Waals surface area contributed by atoms with Gasteiger partial charge in [0.15, 0.2) is 0 Å². The van der Waals surface area contributed by atoms with E-state index in [-0.39, 0.29) is 5.69 Å². The van der Waals surface area contributed by atoms with Crippen LogP contribution in [0.5, 0.6) is 0 Å². The highest BCUT2D eigenvalue weighted by atomic mass is 79.9. The summed E-state index contributed by atoms with van der Waals surface area (Å²) in [5, 5.41) is 13.8. The van der Waals surface area contributed by atoms with E-state index in [2.05, 4.69) is 27.2 Å². The molecule has 0 amide bonds. The predicted octanol–water partition coefficient (Wildman–Crippen LogP) is 2.47. The minimum atomic E-state index is -0.408. The third-order valence-electron chi connectivity index (χ3n) is 1.98. The normalized spacial score (nSPS) is 9.75. The van der Waals surface area contributed by atoms with Crippen LogP contribution in [0, 0.1) is 22.5 Å². The number of rotatable bonds is 5. The maximum atomic E-state index is 10.7. The van der Waals surface area contributed by atoms with Crippen molar-refractivity contribution in [2.75, 3.05) is 6.54 Å². The zero-order chi connectivity index (χ0) is 12.0. The Labute approximate surface area is 102 Å². The summed E-state index contributed by atoms with van der Waals surface area (Å²) in [5.41, 5.74) is 0.947. The summed E-state index contributed by atoms with van der Waals surface area (Å²) in [6.07, 6.45) is 5.76. The van der Waals surface area contributed by atoms with Gasteiger partial charge in [-0.05, 0) is 27.6 Å². The average Bonchev–Trinajstić information content (AvgIpc) is 2.26. The zero-order valence-corrected chi connectivity index (χ0v) is 10.2. The molecule has 0 spiro atoms. The van der Waals surface area contributed by atoms with Gasteiger partial charge >= 0.3 is 0 Å². The van der Waals surface area contributed by atoms with Gasteiger partial charge in [-0.25, -0.2) is 0 Å². The number of nitro groups is 1. The molecule has 0 saturated carbocycles. The van der Waals surface area contributed by atoms with Crippen LogP contribution in [0.3, 0.4) is 0 Å². The van der Waals surface area contributed by atoms with Crippen molar-refractivity contribution in [3.63, 3.8) is 0 Å². The Morgan fingerprint density at radius 3 is 2.94 bits per heavy atom. The van der Waals surface area contributed by atoms with Gasteiger partial charge in [0.1, 0.15) is 0 Å². The lowest BCUT2D eigenvalue weighted by Gasteiger charge is -2.03. The van der Waals surface area contributed by atoms with Crippen LogP contribution in [-0.2, 0) is 6.54 Å². The fourth-order valence-corrected chi connectivity index (χ4v) is 1.59. The van der Waals surface area contributed by atoms with Crippen LogP contribution in [0.2, 0.25) is 0 Å². The molecule has 5 heteroatoms. The Morgan fingerprint density at radius 1 is 1.56 bits per heavy atom. The van der Waals surface area contributed by atoms with Crippen LogP contribution < -0.4 is 5.32 Å². The number of hydrogen-bond acceptors (Lipinski definition) is 3. The average molecular weight is 283 g/mol. The summed E-state index contributed by atoms with van der Waals surface area (Å²) in [6.45, 7) is 1.29. The monoisotopic (exact) mass is 282 g/mol. The maximum Gasteiger partial charge on any atom is 0.283 e. The molecule has 0 fully saturated rings. The van der Waals surface area contributed by atoms with Crippen molar-refractivity contribution in [1.82, 2.24) is 5.32 Å². The SMILES string of the molecule is C#CCCNCc1ccc(Br)c([N+](=O)[O-])c1. The van der Waals surface area contributed by atoms with Gasteiger partial charge in [-0.15, -0.1) is 12.3 Å². The third-order valence-corrected chi connectivity index (χ3v) is 2.65. The van der Waals surface area contributed by atoms with Gasteiger partial charge in [0.05, 0.1) is 9.40 Å². The van der Waals surface area contributed by atoms with Gasteiger partial charge in [0.2, 0.25) is 0 Å². The molecule has 0 radical (unpaired) electrons. The molecule has 0 aliphatic carbocycles. The van der Waals surface area contributed by atoms with Crippen molar-refractivity contribution in [2.45, 2.75) is 13.0 Å². The minimum Gasteiger partial charge on any atom is -0.312 e. The van der Waals surface area contributed by atoms with E-state index in [4.69, 9.17) is 6.42 Å². The predicted molar refractivity (Wildman–Crippen MR) is 66.0 cm³/mol. The molecule has 0 aliphatic heterocycles. The second-order valence-electron chi connectivity index (χ2n) is 3.17. The van der Waals surface area contributed by atoms with Gasteiger partial charge in [-0.1, -0.05) is 6.07 Å². The lowest BCUT2D eigenvalue weighted by atomic mass is 10.2. The van der Waals surface area contributed by atoms with E-state index in [1.165, 1.54) is 0 Å². The Kier molecular flexibility index (Phi) is 4.96. The molecule has 0 saturated heterocycles. The number of hydrogen-bond donors (Lipinski definition) is 1. The molecular formula is C11H11BrN2O2. The molecule has 0 unspecified atom stereocenters. The molecule has 84 valence electrons. The van der Waals surface area contributed by atoms with Gasteiger partial charge in [0.25, 0.3) is 5.69 Å². The third kappa shape index (κ3) is 3.65. The van der Waals surface area contributed by atoms with Crippen molar-refractivity contribution in [3.05, 3.63) is 38.3 Å². The second kappa shape index (κ2) is 6.26. The van der Waals surface area contributed by atoms with Crippen LogP contribution >= 0.6 is 15.9 Å². The largest absolute Gasteiger partial charge is 0.312 e. The highest BCUT2D eigenvalue weighted by Gasteiger charge is 2.11. The zero-order valence-electron chi connectivity index (χ0n) is 8.57. The smallest absolute Gasteiger partial charge is 0.283 e. The molecule has 16 heavy (non-hydrogen) atoms. The number of terminal acetylenes is 1. The van der Waals surface area contributed by atoms with Crippen LogP contribution in [0.1, 0.15) is 12.0 Å². The molecule has 1 aromatic rings. The lowest BCUT2D eigenvalue weighted by molar-refractivity contribution is -0.385. The number of nitrogens with one attached hydrogen (secondary N) is 1. The van der Waals surface area contributed by atoms with Crippen LogP contribution in [-0.4, -0.2) is 11.5 Å². The quantitative estimate of drug-likeness (QED) is 0.391. The lowest BCUT2D eigenvalue weighted by Crippen LogP contribution is -2.14. The van der Waals surface area contributed by atoms with Gasteiger partial charge in [0, 0.05) is 25.6 Å². The first-order valence-electron chi connectivity index (χ1n) is 4.72.